The van der Waals surface area contributed by atoms with Crippen molar-refractivity contribution in [3.8, 4) is 16.3 Å². The Bertz CT molecular complexity index is 1140. The second-order valence-electron chi connectivity index (χ2n) is 7.09. The number of rotatable bonds is 8. The van der Waals surface area contributed by atoms with Gasteiger partial charge in [-0.25, -0.2) is 4.98 Å². The van der Waals surface area contributed by atoms with E-state index in [0.29, 0.717) is 29.3 Å². The number of hydrogen-bond acceptors (Lipinski definition) is 6. The van der Waals surface area contributed by atoms with Crippen molar-refractivity contribution < 1.29 is 40.9 Å². The molecule has 0 amide bonds. The lowest BCUT2D eigenvalue weighted by atomic mass is 10.0. The molecule has 0 radical (unpaired) electrons. The van der Waals surface area contributed by atoms with Gasteiger partial charge < -0.3 is 14.6 Å². The van der Waals surface area contributed by atoms with E-state index in [1.54, 1.807) is 13.0 Å². The van der Waals surface area contributed by atoms with Gasteiger partial charge in [0.2, 0.25) is 0 Å². The summed E-state index contributed by atoms with van der Waals surface area (Å²) in [7, 11) is 0. The second-order valence-corrected chi connectivity index (χ2v) is 9.23. The van der Waals surface area contributed by atoms with Crippen LogP contribution in [0.25, 0.3) is 10.6 Å². The van der Waals surface area contributed by atoms with Crippen LogP contribution in [-0.2, 0) is 22.8 Å². The van der Waals surface area contributed by atoms with Gasteiger partial charge in [0.25, 0.3) is 0 Å². The normalized spacial score (nSPS) is 12.3. The van der Waals surface area contributed by atoms with Crippen molar-refractivity contribution >= 4 is 23.1 Å². The Hall–Kier alpha value is -2.28. The van der Waals surface area contributed by atoms with Gasteiger partial charge in [-0.1, -0.05) is 6.07 Å². The Morgan fingerprint density at radius 2 is 1.68 bits per heavy atom. The van der Waals surface area contributed by atoms with E-state index in [-0.39, 0.29) is 17.4 Å². The van der Waals surface area contributed by atoms with Gasteiger partial charge in [0.05, 0.1) is 16.8 Å². The highest BCUT2D eigenvalue weighted by Crippen LogP contribution is 2.43. The monoisotopic (exact) mass is 523 g/mol. The van der Waals surface area contributed by atoms with E-state index in [1.165, 1.54) is 11.8 Å². The maximum atomic E-state index is 13.3. The number of nitrogens with zero attached hydrogens (tertiary/aromatic N) is 1. The Labute approximate surface area is 199 Å². The fourth-order valence-corrected chi connectivity index (χ4v) is 5.21. The van der Waals surface area contributed by atoms with Crippen LogP contribution in [0.15, 0.2) is 41.3 Å². The van der Waals surface area contributed by atoms with Gasteiger partial charge in [0, 0.05) is 21.1 Å². The minimum Gasteiger partial charge on any atom is -0.467 e. The first-order valence-electron chi connectivity index (χ1n) is 9.70. The van der Waals surface area contributed by atoms with Crippen molar-refractivity contribution in [3.05, 3.63) is 63.7 Å². The Morgan fingerprint density at radius 1 is 0.971 bits per heavy atom. The summed E-state index contributed by atoms with van der Waals surface area (Å²) < 4.78 is 89.0. The van der Waals surface area contributed by atoms with Crippen LogP contribution in [-0.4, -0.2) is 23.7 Å². The van der Waals surface area contributed by atoms with E-state index in [4.69, 9.17) is 14.6 Å². The lowest BCUT2D eigenvalue weighted by Gasteiger charge is -2.16. The predicted molar refractivity (Wildman–Crippen MR) is 117 cm³/mol. The first-order chi connectivity index (χ1) is 15.9. The third kappa shape index (κ3) is 6.44. The summed E-state index contributed by atoms with van der Waals surface area (Å²) in [5.41, 5.74) is -2.04. The molecule has 3 aromatic rings. The van der Waals surface area contributed by atoms with Gasteiger partial charge in [-0.15, -0.1) is 23.1 Å². The molecule has 3 rings (SSSR count). The molecule has 0 aliphatic carbocycles. The van der Waals surface area contributed by atoms with Crippen LogP contribution in [0.4, 0.5) is 26.3 Å². The summed E-state index contributed by atoms with van der Waals surface area (Å²) in [5.74, 6) is 1.07. The lowest BCUT2D eigenvalue weighted by Crippen LogP contribution is -2.16. The topological polar surface area (TPSA) is 51.6 Å². The molecular weight excluding hydrogens is 504 g/mol. The molecule has 0 atom stereocenters. The third-order valence-electron chi connectivity index (χ3n) is 4.68. The molecule has 0 spiro atoms. The van der Waals surface area contributed by atoms with Crippen molar-refractivity contribution in [2.75, 3.05) is 13.6 Å². The highest BCUT2D eigenvalue weighted by molar-refractivity contribution is 7.98. The van der Waals surface area contributed by atoms with Gasteiger partial charge in [0.1, 0.15) is 17.6 Å². The zero-order chi connectivity index (χ0) is 25.1. The molecule has 4 nitrogen and oxygen atoms in total. The van der Waals surface area contributed by atoms with Crippen molar-refractivity contribution in [1.82, 2.24) is 4.98 Å². The average molecular weight is 524 g/mol. The van der Waals surface area contributed by atoms with Crippen LogP contribution in [0.2, 0.25) is 0 Å². The van der Waals surface area contributed by atoms with Gasteiger partial charge in [-0.2, -0.15) is 26.3 Å². The van der Waals surface area contributed by atoms with Gasteiger partial charge in [0.15, 0.2) is 6.79 Å². The molecular formula is C22H19F6NO3S2. The summed E-state index contributed by atoms with van der Waals surface area (Å²) >= 11 is 2.62. The standard InChI is InChI=1S/C22H19F6NO3S2/c1-12-7-15(4-6-18(12)32-11-31-10-30)33-9-19-13(2)29-20(34-19)14-3-5-16(21(23,24)25)17(8-14)22(26,27)28/h3-8,30H,9-11H2,1-2H3. The van der Waals surface area contributed by atoms with E-state index in [0.717, 1.165) is 32.7 Å². The Kier molecular flexibility index (Phi) is 8.17. The zero-order valence-electron chi connectivity index (χ0n) is 17.9. The Morgan fingerprint density at radius 3 is 2.29 bits per heavy atom. The average Bonchev–Trinajstić information content (AvgIpc) is 3.12. The number of thioether (sulfide) groups is 1. The second kappa shape index (κ2) is 10.5. The molecule has 34 heavy (non-hydrogen) atoms. The molecule has 0 fully saturated rings. The molecule has 0 aliphatic rings. The number of alkyl halides is 6. The first kappa shape index (κ1) is 26.3. The Balaban J connectivity index is 1.78. The van der Waals surface area contributed by atoms with E-state index < -0.39 is 30.3 Å². The fraction of sp³-hybridized carbons (Fsp3) is 0.318. The number of aromatic nitrogens is 1. The number of benzene rings is 2. The molecule has 0 saturated carbocycles. The van der Waals surface area contributed by atoms with Crippen LogP contribution in [0.3, 0.4) is 0 Å². The fourth-order valence-electron chi connectivity index (χ4n) is 3.01. The number of ether oxygens (including phenoxy) is 2. The number of aliphatic hydroxyl groups is 1. The zero-order valence-corrected chi connectivity index (χ0v) is 19.5. The van der Waals surface area contributed by atoms with E-state index in [1.807, 2.05) is 19.1 Å². The van der Waals surface area contributed by atoms with E-state index in [2.05, 4.69) is 4.98 Å². The largest absolute Gasteiger partial charge is 0.467 e. The highest BCUT2D eigenvalue weighted by atomic mass is 32.2. The molecule has 1 aromatic heterocycles. The molecule has 0 saturated heterocycles. The smallest absolute Gasteiger partial charge is 0.417 e. The van der Waals surface area contributed by atoms with Crippen molar-refractivity contribution in [1.29, 1.82) is 0 Å². The van der Waals surface area contributed by atoms with Crippen LogP contribution < -0.4 is 4.74 Å². The number of hydrogen-bond donors (Lipinski definition) is 1. The molecule has 0 bridgehead atoms. The number of halogens is 6. The summed E-state index contributed by atoms with van der Waals surface area (Å²) in [6.45, 7) is 3.01. The SMILES string of the molecule is Cc1cc(SCc2sc(-c3ccc(C(F)(F)F)c(C(F)(F)F)c3)nc2C)ccc1OCOCO. The maximum Gasteiger partial charge on any atom is 0.417 e. The van der Waals surface area contributed by atoms with Crippen molar-refractivity contribution in [2.45, 2.75) is 36.8 Å². The number of thiazole rings is 1. The quantitative estimate of drug-likeness (QED) is 0.148. The third-order valence-corrected chi connectivity index (χ3v) is 7.08. The minimum atomic E-state index is -5.15. The maximum absolute atomic E-state index is 13.3. The number of aliphatic hydroxyl groups excluding tert-OH is 1. The molecule has 2 aromatic carbocycles. The minimum absolute atomic E-state index is 0.0212. The van der Waals surface area contributed by atoms with Gasteiger partial charge in [-0.05, 0) is 49.7 Å². The summed E-state index contributed by atoms with van der Waals surface area (Å²) in [6, 6.07) is 7.43. The molecule has 0 unspecified atom stereocenters. The van der Waals surface area contributed by atoms with Crippen LogP contribution in [0, 0.1) is 13.8 Å². The first-order valence-corrected chi connectivity index (χ1v) is 11.5. The van der Waals surface area contributed by atoms with E-state index >= 15 is 0 Å². The summed E-state index contributed by atoms with van der Waals surface area (Å²) in [5, 5.41) is 8.84. The number of aryl methyl sites for hydroxylation is 2. The summed E-state index contributed by atoms with van der Waals surface area (Å²) in [4.78, 5) is 5.99. The molecule has 1 heterocycles. The molecule has 184 valence electrons. The van der Waals surface area contributed by atoms with Gasteiger partial charge in [-0.3, -0.25) is 0 Å². The molecule has 1 N–H and O–H groups in total. The summed E-state index contributed by atoms with van der Waals surface area (Å²) in [6.07, 6.45) is -10.3. The predicted octanol–water partition coefficient (Wildman–Crippen LogP) is 7.06. The van der Waals surface area contributed by atoms with E-state index in [9.17, 15) is 26.3 Å². The molecule has 0 aliphatic heterocycles. The van der Waals surface area contributed by atoms with Crippen LogP contribution in [0.5, 0.6) is 5.75 Å². The van der Waals surface area contributed by atoms with Crippen molar-refractivity contribution in [2.24, 2.45) is 0 Å². The lowest BCUT2D eigenvalue weighted by molar-refractivity contribution is -0.162. The van der Waals surface area contributed by atoms with Crippen LogP contribution in [0.1, 0.15) is 27.3 Å². The highest BCUT2D eigenvalue weighted by Gasteiger charge is 2.43. The molecule has 12 heteroatoms. The van der Waals surface area contributed by atoms with Gasteiger partial charge >= 0.3 is 12.4 Å². The van der Waals surface area contributed by atoms with Crippen molar-refractivity contribution in [3.63, 3.8) is 0 Å². The van der Waals surface area contributed by atoms with Crippen LogP contribution >= 0.6 is 23.1 Å².